The molecule has 1 N–H and O–H groups in total. The zero-order valence-electron chi connectivity index (χ0n) is 13.8. The number of ether oxygens (including phenoxy) is 1. The molecule has 0 saturated carbocycles. The number of carbonyl (C=O) groups excluding carboxylic acids is 1. The molecule has 0 aliphatic heterocycles. The molecule has 5 nitrogen and oxygen atoms in total. The average Bonchev–Trinajstić information content (AvgIpc) is 3.08. The van der Waals surface area contributed by atoms with Crippen molar-refractivity contribution < 1.29 is 13.9 Å². The van der Waals surface area contributed by atoms with Gasteiger partial charge in [0.2, 0.25) is 0 Å². The summed E-state index contributed by atoms with van der Waals surface area (Å²) < 4.78 is 11.0. The van der Waals surface area contributed by atoms with Gasteiger partial charge in [-0.2, -0.15) is 5.10 Å². The minimum absolute atomic E-state index is 0.231. The third-order valence-electron chi connectivity index (χ3n) is 3.45. The van der Waals surface area contributed by atoms with Crippen LogP contribution in [0.4, 0.5) is 0 Å². The first-order valence-corrected chi connectivity index (χ1v) is 7.87. The molecule has 0 aliphatic carbocycles. The molecule has 1 heterocycles. The number of rotatable bonds is 6. The van der Waals surface area contributed by atoms with Crippen molar-refractivity contribution in [2.45, 2.75) is 13.5 Å². The van der Waals surface area contributed by atoms with E-state index in [-0.39, 0.29) is 11.7 Å². The second-order valence-electron chi connectivity index (χ2n) is 5.46. The van der Waals surface area contributed by atoms with Crippen molar-refractivity contribution in [1.29, 1.82) is 0 Å². The van der Waals surface area contributed by atoms with Gasteiger partial charge in [-0.3, -0.25) is 4.79 Å². The molecule has 0 bridgehead atoms. The lowest BCUT2D eigenvalue weighted by atomic mass is 10.2. The summed E-state index contributed by atoms with van der Waals surface area (Å²) in [6.07, 6.45) is 1.56. The SMILES string of the molecule is Cc1ccc(C(=O)NN=Cc2cccc(OCc3ccccc3)c2)o1. The standard InChI is InChI=1S/C20H18N2O3/c1-15-10-11-19(25-15)20(23)22-21-13-17-8-5-9-18(12-17)24-14-16-6-3-2-4-7-16/h2-13H,14H2,1H3,(H,22,23). The van der Waals surface area contributed by atoms with Gasteiger partial charge in [-0.15, -0.1) is 0 Å². The number of hydrogen-bond acceptors (Lipinski definition) is 4. The quantitative estimate of drug-likeness (QED) is 0.549. The van der Waals surface area contributed by atoms with Crippen molar-refractivity contribution >= 4 is 12.1 Å². The Bertz CT molecular complexity index is 869. The first-order chi connectivity index (χ1) is 12.2. The zero-order valence-corrected chi connectivity index (χ0v) is 13.8. The number of furan rings is 1. The summed E-state index contributed by atoms with van der Waals surface area (Å²) in [5, 5.41) is 3.95. The third kappa shape index (κ3) is 4.81. The number of amides is 1. The van der Waals surface area contributed by atoms with Crippen LogP contribution >= 0.6 is 0 Å². The number of hydrazone groups is 1. The van der Waals surface area contributed by atoms with Gasteiger partial charge in [0.25, 0.3) is 0 Å². The lowest BCUT2D eigenvalue weighted by Gasteiger charge is -2.06. The maximum atomic E-state index is 11.8. The molecule has 0 atom stereocenters. The van der Waals surface area contributed by atoms with Crippen LogP contribution in [0, 0.1) is 6.92 Å². The van der Waals surface area contributed by atoms with Crippen LogP contribution < -0.4 is 10.2 Å². The summed E-state index contributed by atoms with van der Waals surface area (Å²) in [6, 6.07) is 20.8. The van der Waals surface area contributed by atoms with E-state index >= 15 is 0 Å². The highest BCUT2D eigenvalue weighted by atomic mass is 16.5. The highest BCUT2D eigenvalue weighted by Gasteiger charge is 2.08. The van der Waals surface area contributed by atoms with Crippen LogP contribution in [0.5, 0.6) is 5.75 Å². The van der Waals surface area contributed by atoms with Gasteiger partial charge in [0.05, 0.1) is 6.21 Å². The molecule has 1 amide bonds. The van der Waals surface area contributed by atoms with Crippen molar-refractivity contribution in [3.8, 4) is 5.75 Å². The van der Waals surface area contributed by atoms with Crippen LogP contribution in [-0.4, -0.2) is 12.1 Å². The van der Waals surface area contributed by atoms with Crippen LogP contribution in [0.3, 0.4) is 0 Å². The molecule has 2 aromatic carbocycles. The van der Waals surface area contributed by atoms with Gasteiger partial charge in [0.15, 0.2) is 5.76 Å². The molecule has 0 radical (unpaired) electrons. The van der Waals surface area contributed by atoms with Crippen molar-refractivity contribution in [2.24, 2.45) is 5.10 Å². The molecule has 3 aromatic rings. The van der Waals surface area contributed by atoms with Gasteiger partial charge >= 0.3 is 5.91 Å². The van der Waals surface area contributed by atoms with E-state index in [9.17, 15) is 4.79 Å². The molecule has 0 unspecified atom stereocenters. The Labute approximate surface area is 145 Å². The molecule has 0 fully saturated rings. The Balaban J connectivity index is 1.56. The van der Waals surface area contributed by atoms with Gasteiger partial charge in [-0.1, -0.05) is 42.5 Å². The van der Waals surface area contributed by atoms with E-state index in [0.717, 1.165) is 16.9 Å². The molecule has 25 heavy (non-hydrogen) atoms. The van der Waals surface area contributed by atoms with Crippen molar-refractivity contribution in [2.75, 3.05) is 0 Å². The number of nitrogens with zero attached hydrogens (tertiary/aromatic N) is 1. The van der Waals surface area contributed by atoms with Gasteiger partial charge in [-0.25, -0.2) is 5.43 Å². The van der Waals surface area contributed by atoms with Crippen molar-refractivity contribution in [3.63, 3.8) is 0 Å². The van der Waals surface area contributed by atoms with E-state index < -0.39 is 0 Å². The van der Waals surface area contributed by atoms with Crippen molar-refractivity contribution in [1.82, 2.24) is 5.43 Å². The normalized spacial score (nSPS) is 10.8. The topological polar surface area (TPSA) is 63.8 Å². The van der Waals surface area contributed by atoms with Crippen LogP contribution in [0.25, 0.3) is 0 Å². The second kappa shape index (κ2) is 7.97. The van der Waals surface area contributed by atoms with E-state index in [0.29, 0.717) is 12.4 Å². The van der Waals surface area contributed by atoms with Crippen LogP contribution in [0.1, 0.15) is 27.4 Å². The van der Waals surface area contributed by atoms with E-state index in [1.807, 2.05) is 54.6 Å². The lowest BCUT2D eigenvalue weighted by molar-refractivity contribution is 0.0926. The summed E-state index contributed by atoms with van der Waals surface area (Å²) >= 11 is 0. The Morgan fingerprint density at radius 1 is 1.12 bits per heavy atom. The molecule has 0 saturated heterocycles. The Morgan fingerprint density at radius 3 is 2.72 bits per heavy atom. The maximum Gasteiger partial charge on any atom is 0.307 e. The van der Waals surface area contributed by atoms with E-state index in [2.05, 4.69) is 10.5 Å². The smallest absolute Gasteiger partial charge is 0.307 e. The van der Waals surface area contributed by atoms with Crippen molar-refractivity contribution in [3.05, 3.63) is 89.4 Å². The lowest BCUT2D eigenvalue weighted by Crippen LogP contribution is -2.16. The monoisotopic (exact) mass is 334 g/mol. The van der Waals surface area contributed by atoms with Crippen LogP contribution in [-0.2, 0) is 6.61 Å². The highest BCUT2D eigenvalue weighted by molar-refractivity contribution is 5.92. The van der Waals surface area contributed by atoms with E-state index in [1.54, 1.807) is 25.3 Å². The Morgan fingerprint density at radius 2 is 1.96 bits per heavy atom. The fourth-order valence-electron chi connectivity index (χ4n) is 2.20. The van der Waals surface area contributed by atoms with E-state index in [1.165, 1.54) is 0 Å². The first-order valence-electron chi connectivity index (χ1n) is 7.87. The van der Waals surface area contributed by atoms with E-state index in [4.69, 9.17) is 9.15 Å². The number of nitrogens with one attached hydrogen (secondary N) is 1. The summed E-state index contributed by atoms with van der Waals surface area (Å²) in [7, 11) is 0. The minimum atomic E-state index is -0.388. The molecular weight excluding hydrogens is 316 g/mol. The zero-order chi connectivity index (χ0) is 17.5. The number of carbonyl (C=O) groups is 1. The number of hydrogen-bond donors (Lipinski definition) is 1. The summed E-state index contributed by atoms with van der Waals surface area (Å²) in [5.41, 5.74) is 4.35. The van der Waals surface area contributed by atoms with Gasteiger partial charge in [0, 0.05) is 0 Å². The Hall–Kier alpha value is -3.34. The third-order valence-corrected chi connectivity index (χ3v) is 3.45. The van der Waals surface area contributed by atoms with Gasteiger partial charge in [-0.05, 0) is 42.3 Å². The first kappa shape index (κ1) is 16.5. The molecule has 3 rings (SSSR count). The summed E-state index contributed by atoms with van der Waals surface area (Å²) in [4.78, 5) is 11.8. The fourth-order valence-corrected chi connectivity index (χ4v) is 2.20. The average molecular weight is 334 g/mol. The van der Waals surface area contributed by atoms with Crippen LogP contribution in [0.15, 0.2) is 76.2 Å². The predicted molar refractivity (Wildman–Crippen MR) is 95.7 cm³/mol. The minimum Gasteiger partial charge on any atom is -0.489 e. The number of benzene rings is 2. The molecule has 0 spiro atoms. The number of aryl methyl sites for hydroxylation is 1. The van der Waals surface area contributed by atoms with Crippen LogP contribution in [0.2, 0.25) is 0 Å². The Kier molecular flexibility index (Phi) is 5.26. The molecule has 0 aliphatic rings. The summed E-state index contributed by atoms with van der Waals surface area (Å²) in [5.74, 6) is 1.26. The largest absolute Gasteiger partial charge is 0.489 e. The molecule has 1 aromatic heterocycles. The van der Waals surface area contributed by atoms with Gasteiger partial charge in [0.1, 0.15) is 18.1 Å². The molecule has 126 valence electrons. The second-order valence-corrected chi connectivity index (χ2v) is 5.46. The predicted octanol–water partition coefficient (Wildman–Crippen LogP) is 3.93. The maximum absolute atomic E-state index is 11.8. The highest BCUT2D eigenvalue weighted by Crippen LogP contribution is 2.14. The van der Waals surface area contributed by atoms with Gasteiger partial charge < -0.3 is 9.15 Å². The molecular formula is C20H18N2O3. The molecule has 5 heteroatoms. The fraction of sp³-hybridized carbons (Fsp3) is 0.100. The summed E-state index contributed by atoms with van der Waals surface area (Å²) in [6.45, 7) is 2.27.